The van der Waals surface area contributed by atoms with Gasteiger partial charge in [0, 0.05) is 10.7 Å². The minimum atomic E-state index is -4.62. The number of ether oxygens (including phenoxy) is 1. The highest BCUT2D eigenvalue weighted by atomic mass is 79.9. The van der Waals surface area contributed by atoms with Gasteiger partial charge in [-0.05, 0) is 18.1 Å². The summed E-state index contributed by atoms with van der Waals surface area (Å²) in [4.78, 5) is 0.274. The molecule has 82 valence electrons. The van der Waals surface area contributed by atoms with Crippen molar-refractivity contribution >= 4 is 15.9 Å². The van der Waals surface area contributed by atoms with Crippen LogP contribution in [0.1, 0.15) is 17.9 Å². The van der Waals surface area contributed by atoms with Crippen molar-refractivity contribution in [3.63, 3.8) is 0 Å². The van der Waals surface area contributed by atoms with Crippen LogP contribution in [0.4, 0.5) is 13.2 Å². The normalized spacial score (nSPS) is 25.1. The summed E-state index contributed by atoms with van der Waals surface area (Å²) in [7, 11) is 0. The van der Waals surface area contributed by atoms with Gasteiger partial charge in [0.1, 0.15) is 5.75 Å². The summed E-state index contributed by atoms with van der Waals surface area (Å²) in [6.07, 6.45) is -3.76. The molecule has 0 radical (unpaired) electrons. The van der Waals surface area contributed by atoms with Gasteiger partial charge in [0.2, 0.25) is 0 Å². The Morgan fingerprint density at radius 2 is 1.87 bits per heavy atom. The first-order chi connectivity index (χ1) is 6.97. The number of benzene rings is 1. The molecule has 1 aliphatic rings. The molecule has 0 bridgehead atoms. The minimum Gasteiger partial charge on any atom is -0.405 e. The largest absolute Gasteiger partial charge is 0.573 e. The van der Waals surface area contributed by atoms with Crippen LogP contribution in [0.2, 0.25) is 0 Å². The van der Waals surface area contributed by atoms with E-state index in [-0.39, 0.29) is 16.5 Å². The van der Waals surface area contributed by atoms with Crippen LogP contribution in [-0.4, -0.2) is 11.2 Å². The Morgan fingerprint density at radius 3 is 2.40 bits per heavy atom. The molecule has 5 heteroatoms. The third-order valence-electron chi connectivity index (χ3n) is 2.26. The number of para-hydroxylation sites is 1. The molecule has 0 amide bonds. The van der Waals surface area contributed by atoms with E-state index in [2.05, 4.69) is 20.7 Å². The molecule has 1 fully saturated rings. The summed E-state index contributed by atoms with van der Waals surface area (Å²) in [6, 6.07) is 6.28. The smallest absolute Gasteiger partial charge is 0.405 e. The first-order valence-corrected chi connectivity index (χ1v) is 5.37. The molecule has 1 nitrogen and oxygen atoms in total. The predicted octanol–water partition coefficient (Wildman–Crippen LogP) is 3.84. The summed E-state index contributed by atoms with van der Waals surface area (Å²) < 4.78 is 40.2. The zero-order valence-corrected chi connectivity index (χ0v) is 9.18. The second kappa shape index (κ2) is 3.70. The van der Waals surface area contributed by atoms with Gasteiger partial charge in [-0.25, -0.2) is 0 Å². The van der Waals surface area contributed by atoms with Crippen LogP contribution in [0.5, 0.6) is 5.75 Å². The average molecular weight is 281 g/mol. The number of rotatable bonds is 2. The van der Waals surface area contributed by atoms with E-state index in [1.54, 1.807) is 12.1 Å². The van der Waals surface area contributed by atoms with Gasteiger partial charge in [-0.15, -0.1) is 13.2 Å². The van der Waals surface area contributed by atoms with Crippen molar-refractivity contribution in [2.45, 2.75) is 23.5 Å². The van der Waals surface area contributed by atoms with Crippen LogP contribution < -0.4 is 4.74 Å². The van der Waals surface area contributed by atoms with Crippen LogP contribution in [0.25, 0.3) is 0 Å². The summed E-state index contributed by atoms with van der Waals surface area (Å²) in [5.74, 6) is 0.0560. The molecule has 0 aromatic heterocycles. The van der Waals surface area contributed by atoms with Crippen molar-refractivity contribution in [1.82, 2.24) is 0 Å². The number of alkyl halides is 4. The Morgan fingerprint density at radius 1 is 1.27 bits per heavy atom. The lowest BCUT2D eigenvalue weighted by Crippen LogP contribution is -2.18. The van der Waals surface area contributed by atoms with Gasteiger partial charge in [-0.3, -0.25) is 0 Å². The maximum absolute atomic E-state index is 12.1. The molecule has 1 saturated carbocycles. The summed E-state index contributed by atoms with van der Waals surface area (Å²) in [5, 5.41) is 0. The Hall–Kier alpha value is -0.710. The van der Waals surface area contributed by atoms with E-state index < -0.39 is 6.36 Å². The monoisotopic (exact) mass is 280 g/mol. The van der Waals surface area contributed by atoms with Gasteiger partial charge in [0.25, 0.3) is 0 Å². The predicted molar refractivity (Wildman–Crippen MR) is 53.2 cm³/mol. The van der Waals surface area contributed by atoms with Crippen LogP contribution in [0, 0.1) is 0 Å². The van der Waals surface area contributed by atoms with E-state index in [1.165, 1.54) is 12.1 Å². The lowest BCUT2D eigenvalue weighted by molar-refractivity contribution is -0.274. The maximum Gasteiger partial charge on any atom is 0.573 e. The lowest BCUT2D eigenvalue weighted by Gasteiger charge is -2.12. The summed E-state index contributed by atoms with van der Waals surface area (Å²) in [5.41, 5.74) is 0.622. The molecule has 0 heterocycles. The fourth-order valence-electron chi connectivity index (χ4n) is 1.49. The molecule has 2 atom stereocenters. The lowest BCUT2D eigenvalue weighted by atomic mass is 10.1. The summed E-state index contributed by atoms with van der Waals surface area (Å²) in [6.45, 7) is 0. The molecule has 1 aromatic rings. The molecular formula is C10H8BrF3O. The Bertz CT molecular complexity index is 364. The van der Waals surface area contributed by atoms with E-state index in [0.717, 1.165) is 6.42 Å². The third kappa shape index (κ3) is 2.65. The molecule has 1 aliphatic carbocycles. The van der Waals surface area contributed by atoms with E-state index >= 15 is 0 Å². The quantitative estimate of drug-likeness (QED) is 0.748. The van der Waals surface area contributed by atoms with Gasteiger partial charge in [0.05, 0.1) is 0 Å². The van der Waals surface area contributed by atoms with Gasteiger partial charge in [0.15, 0.2) is 0 Å². The Labute approximate surface area is 93.4 Å². The van der Waals surface area contributed by atoms with Crippen molar-refractivity contribution in [2.75, 3.05) is 0 Å². The molecule has 2 unspecified atom stereocenters. The zero-order chi connectivity index (χ0) is 11.1. The maximum atomic E-state index is 12.1. The summed E-state index contributed by atoms with van der Waals surface area (Å²) >= 11 is 3.36. The number of hydrogen-bond acceptors (Lipinski definition) is 1. The molecule has 0 spiro atoms. The molecule has 0 saturated heterocycles. The minimum absolute atomic E-state index is 0.0862. The topological polar surface area (TPSA) is 9.23 Å². The fourth-order valence-corrected chi connectivity index (χ4v) is 2.18. The molecule has 2 rings (SSSR count). The second-order valence-corrected chi connectivity index (χ2v) is 4.62. The number of halogens is 4. The molecular weight excluding hydrogens is 273 g/mol. The molecule has 1 aromatic carbocycles. The SMILES string of the molecule is FC(F)(F)Oc1ccccc1C1CC1Br. The van der Waals surface area contributed by atoms with Gasteiger partial charge in [-0.2, -0.15) is 0 Å². The number of hydrogen-bond donors (Lipinski definition) is 0. The third-order valence-corrected chi connectivity index (χ3v) is 3.27. The van der Waals surface area contributed by atoms with Crippen molar-refractivity contribution < 1.29 is 17.9 Å². The Kier molecular flexibility index (Phi) is 2.66. The molecule has 15 heavy (non-hydrogen) atoms. The van der Waals surface area contributed by atoms with E-state index in [0.29, 0.717) is 5.56 Å². The fraction of sp³-hybridized carbons (Fsp3) is 0.400. The van der Waals surface area contributed by atoms with Crippen LogP contribution in [-0.2, 0) is 0 Å². The van der Waals surface area contributed by atoms with E-state index in [1.807, 2.05) is 0 Å². The highest BCUT2D eigenvalue weighted by Crippen LogP contribution is 2.49. The standard InChI is InChI=1S/C10H8BrF3O/c11-8-5-7(8)6-3-1-2-4-9(6)15-10(12,13)14/h1-4,7-8H,5H2. The van der Waals surface area contributed by atoms with Crippen molar-refractivity contribution in [1.29, 1.82) is 0 Å². The first-order valence-electron chi connectivity index (χ1n) is 4.46. The van der Waals surface area contributed by atoms with Crippen LogP contribution in [0.3, 0.4) is 0 Å². The van der Waals surface area contributed by atoms with Gasteiger partial charge in [-0.1, -0.05) is 34.1 Å². The van der Waals surface area contributed by atoms with Crippen LogP contribution >= 0.6 is 15.9 Å². The molecule has 0 aliphatic heterocycles. The van der Waals surface area contributed by atoms with Crippen molar-refractivity contribution in [3.05, 3.63) is 29.8 Å². The van der Waals surface area contributed by atoms with E-state index in [4.69, 9.17) is 0 Å². The van der Waals surface area contributed by atoms with Crippen LogP contribution in [0.15, 0.2) is 24.3 Å². The first kappa shape index (κ1) is 10.8. The van der Waals surface area contributed by atoms with Crippen molar-refractivity contribution in [2.24, 2.45) is 0 Å². The van der Waals surface area contributed by atoms with E-state index in [9.17, 15) is 13.2 Å². The highest BCUT2D eigenvalue weighted by Gasteiger charge is 2.40. The average Bonchev–Trinajstić information content (AvgIpc) is 2.80. The van der Waals surface area contributed by atoms with Gasteiger partial charge < -0.3 is 4.74 Å². The second-order valence-electron chi connectivity index (χ2n) is 3.44. The zero-order valence-electron chi connectivity index (χ0n) is 7.59. The highest BCUT2D eigenvalue weighted by molar-refractivity contribution is 9.09. The molecule has 0 N–H and O–H groups in total. The van der Waals surface area contributed by atoms with Gasteiger partial charge >= 0.3 is 6.36 Å². The van der Waals surface area contributed by atoms with Crippen molar-refractivity contribution in [3.8, 4) is 5.75 Å². The Balaban J connectivity index is 2.23.